The van der Waals surface area contributed by atoms with Crippen LogP contribution in [-0.4, -0.2) is 50.1 Å². The predicted octanol–water partition coefficient (Wildman–Crippen LogP) is 3.80. The van der Waals surface area contributed by atoms with Crippen molar-refractivity contribution in [1.29, 1.82) is 0 Å². The molecule has 0 radical (unpaired) electrons. The van der Waals surface area contributed by atoms with E-state index in [0.717, 1.165) is 33.4 Å². The fourth-order valence-corrected chi connectivity index (χ4v) is 4.30. The molecule has 1 unspecified atom stereocenters. The Labute approximate surface area is 207 Å². The third-order valence-corrected chi connectivity index (χ3v) is 6.14. The summed E-state index contributed by atoms with van der Waals surface area (Å²) in [5, 5.41) is 4.24. The van der Waals surface area contributed by atoms with Crippen LogP contribution in [0.5, 0.6) is 23.1 Å². The summed E-state index contributed by atoms with van der Waals surface area (Å²) in [6.07, 6.45) is 8.84. The van der Waals surface area contributed by atoms with E-state index in [1.165, 1.54) is 0 Å². The summed E-state index contributed by atoms with van der Waals surface area (Å²) < 4.78 is 26.9. The molecule has 0 spiro atoms. The van der Waals surface area contributed by atoms with Gasteiger partial charge in [0.05, 0.1) is 33.3 Å². The van der Waals surface area contributed by atoms with Gasteiger partial charge in [-0.25, -0.2) is 15.0 Å². The van der Waals surface area contributed by atoms with Gasteiger partial charge in [-0.2, -0.15) is 5.10 Å². The number of imidazole rings is 1. The molecule has 0 aliphatic carbocycles. The van der Waals surface area contributed by atoms with Crippen LogP contribution < -0.4 is 18.9 Å². The van der Waals surface area contributed by atoms with Crippen molar-refractivity contribution < 1.29 is 18.9 Å². The van der Waals surface area contributed by atoms with Gasteiger partial charge in [-0.1, -0.05) is 0 Å². The third-order valence-electron chi connectivity index (χ3n) is 6.14. The van der Waals surface area contributed by atoms with Crippen molar-refractivity contribution in [3.63, 3.8) is 0 Å². The third kappa shape index (κ3) is 3.96. The van der Waals surface area contributed by atoms with Gasteiger partial charge in [-0.05, 0) is 29.8 Å². The Morgan fingerprint density at radius 3 is 2.67 bits per heavy atom. The molecule has 0 bridgehead atoms. The first-order valence-corrected chi connectivity index (χ1v) is 11.4. The molecule has 0 saturated carbocycles. The summed E-state index contributed by atoms with van der Waals surface area (Å²) in [7, 11) is 5.10. The molecule has 5 aromatic rings. The van der Waals surface area contributed by atoms with E-state index in [4.69, 9.17) is 18.9 Å². The van der Waals surface area contributed by atoms with Crippen molar-refractivity contribution in [2.24, 2.45) is 7.05 Å². The minimum Gasteiger partial charge on any atom is -0.493 e. The zero-order chi connectivity index (χ0) is 24.6. The van der Waals surface area contributed by atoms with E-state index < -0.39 is 0 Å². The summed E-state index contributed by atoms with van der Waals surface area (Å²) in [5.41, 5.74) is 5.47. The monoisotopic (exact) mass is 484 g/mol. The second-order valence-electron chi connectivity index (χ2n) is 8.52. The van der Waals surface area contributed by atoms with Crippen molar-refractivity contribution in [3.8, 4) is 34.3 Å². The average molecular weight is 485 g/mol. The summed E-state index contributed by atoms with van der Waals surface area (Å²) in [6.45, 7) is 0.912. The van der Waals surface area contributed by atoms with Gasteiger partial charge in [-0.15, -0.1) is 0 Å². The Morgan fingerprint density at radius 2 is 1.92 bits per heavy atom. The molecule has 10 nitrogen and oxygen atoms in total. The minimum absolute atomic E-state index is 0.300. The number of benzene rings is 1. The molecule has 0 fully saturated rings. The quantitative estimate of drug-likeness (QED) is 0.359. The Balaban J connectivity index is 1.26. The Hall–Kier alpha value is -4.60. The van der Waals surface area contributed by atoms with Gasteiger partial charge in [0.2, 0.25) is 11.6 Å². The molecule has 0 saturated heterocycles. The van der Waals surface area contributed by atoms with E-state index in [1.54, 1.807) is 37.5 Å². The van der Waals surface area contributed by atoms with E-state index in [1.807, 2.05) is 54.5 Å². The standard InChI is InChI=1S/C26H24N6O4/c1-31-13-19(11-30-31)18-8-20-26(28-10-18)32(15-29-20)12-16-6-21(33-2)25-22(7-16)35-14-23(36-25)17-4-5-24(34-3)27-9-17/h4-11,13,15,23H,12,14H2,1-3H3. The maximum atomic E-state index is 6.26. The van der Waals surface area contributed by atoms with Gasteiger partial charge in [0, 0.05) is 48.4 Å². The molecule has 1 aliphatic heterocycles. The SMILES string of the molecule is COc1ccc(C2COc3cc(Cn4cnc5cc(-c6cnn(C)c6)cnc54)cc(OC)c3O2)cn1. The Morgan fingerprint density at radius 1 is 1.00 bits per heavy atom. The zero-order valence-electron chi connectivity index (χ0n) is 20.1. The molecule has 0 amide bonds. The van der Waals surface area contributed by atoms with E-state index in [9.17, 15) is 0 Å². The van der Waals surface area contributed by atoms with Crippen LogP contribution in [0, 0.1) is 0 Å². The van der Waals surface area contributed by atoms with Gasteiger partial charge in [-0.3, -0.25) is 4.68 Å². The molecule has 36 heavy (non-hydrogen) atoms. The number of hydrogen-bond donors (Lipinski definition) is 0. The lowest BCUT2D eigenvalue weighted by Gasteiger charge is -2.28. The fraction of sp³-hybridized carbons (Fsp3) is 0.231. The summed E-state index contributed by atoms with van der Waals surface area (Å²) in [6, 6.07) is 9.66. The zero-order valence-corrected chi connectivity index (χ0v) is 20.1. The molecule has 6 rings (SSSR count). The lowest BCUT2D eigenvalue weighted by Crippen LogP contribution is -2.22. The topological polar surface area (TPSA) is 98.3 Å². The number of ether oxygens (including phenoxy) is 4. The van der Waals surface area contributed by atoms with Crippen LogP contribution in [0.4, 0.5) is 0 Å². The number of aromatic nitrogens is 6. The second kappa shape index (κ2) is 8.88. The first-order chi connectivity index (χ1) is 17.6. The van der Waals surface area contributed by atoms with Gasteiger partial charge >= 0.3 is 0 Å². The largest absolute Gasteiger partial charge is 0.493 e. The number of methoxy groups -OCH3 is 2. The maximum Gasteiger partial charge on any atom is 0.212 e. The summed E-state index contributed by atoms with van der Waals surface area (Å²) >= 11 is 0. The van der Waals surface area contributed by atoms with Gasteiger partial charge in [0.15, 0.2) is 23.3 Å². The first-order valence-electron chi connectivity index (χ1n) is 11.4. The highest BCUT2D eigenvalue weighted by Gasteiger charge is 2.27. The van der Waals surface area contributed by atoms with Crippen LogP contribution in [0.1, 0.15) is 17.2 Å². The van der Waals surface area contributed by atoms with Crippen LogP contribution in [-0.2, 0) is 13.6 Å². The molecule has 4 aromatic heterocycles. The maximum absolute atomic E-state index is 6.26. The Kier molecular flexibility index (Phi) is 5.40. The summed E-state index contributed by atoms with van der Waals surface area (Å²) in [4.78, 5) is 13.5. The number of aryl methyl sites for hydroxylation is 1. The molecule has 1 aliphatic rings. The Bertz CT molecular complexity index is 1530. The van der Waals surface area contributed by atoms with Crippen LogP contribution in [0.2, 0.25) is 0 Å². The van der Waals surface area contributed by atoms with Gasteiger partial charge in [0.25, 0.3) is 0 Å². The molecule has 1 aromatic carbocycles. The molecule has 182 valence electrons. The first kappa shape index (κ1) is 21.9. The summed E-state index contributed by atoms with van der Waals surface area (Å²) in [5.74, 6) is 2.36. The lowest BCUT2D eigenvalue weighted by molar-refractivity contribution is 0.0867. The number of hydrogen-bond acceptors (Lipinski definition) is 8. The van der Waals surface area contributed by atoms with E-state index >= 15 is 0 Å². The minimum atomic E-state index is -0.300. The number of nitrogens with zero attached hydrogens (tertiary/aromatic N) is 6. The van der Waals surface area contributed by atoms with Crippen molar-refractivity contribution in [3.05, 3.63) is 72.6 Å². The van der Waals surface area contributed by atoms with Crippen molar-refractivity contribution in [2.45, 2.75) is 12.6 Å². The van der Waals surface area contributed by atoms with Crippen molar-refractivity contribution >= 4 is 11.2 Å². The predicted molar refractivity (Wildman–Crippen MR) is 131 cm³/mol. The second-order valence-corrected chi connectivity index (χ2v) is 8.52. The molecule has 5 heterocycles. The molecule has 0 N–H and O–H groups in total. The molecular weight excluding hydrogens is 460 g/mol. The highest BCUT2D eigenvalue weighted by molar-refractivity contribution is 5.77. The van der Waals surface area contributed by atoms with Crippen LogP contribution in [0.15, 0.2) is 61.4 Å². The molecule has 10 heteroatoms. The van der Waals surface area contributed by atoms with E-state index in [2.05, 4.69) is 20.1 Å². The fourth-order valence-electron chi connectivity index (χ4n) is 4.30. The number of fused-ring (bicyclic) bond motifs is 2. The van der Waals surface area contributed by atoms with E-state index in [0.29, 0.717) is 36.3 Å². The van der Waals surface area contributed by atoms with E-state index in [-0.39, 0.29) is 6.10 Å². The van der Waals surface area contributed by atoms with Crippen molar-refractivity contribution in [1.82, 2.24) is 29.3 Å². The molecule has 1 atom stereocenters. The van der Waals surface area contributed by atoms with Crippen LogP contribution in [0.3, 0.4) is 0 Å². The van der Waals surface area contributed by atoms with Crippen LogP contribution in [0.25, 0.3) is 22.3 Å². The van der Waals surface area contributed by atoms with Crippen LogP contribution >= 0.6 is 0 Å². The smallest absolute Gasteiger partial charge is 0.212 e. The normalized spacial score (nSPS) is 14.7. The van der Waals surface area contributed by atoms with Gasteiger partial charge in [0.1, 0.15) is 12.1 Å². The molecular formula is C26H24N6O4. The number of pyridine rings is 2. The highest BCUT2D eigenvalue weighted by atomic mass is 16.6. The number of rotatable bonds is 6. The van der Waals surface area contributed by atoms with Crippen molar-refractivity contribution in [2.75, 3.05) is 20.8 Å². The average Bonchev–Trinajstić information content (AvgIpc) is 3.53. The lowest BCUT2D eigenvalue weighted by atomic mass is 10.1. The highest BCUT2D eigenvalue weighted by Crippen LogP contribution is 2.44. The van der Waals surface area contributed by atoms with Gasteiger partial charge < -0.3 is 23.5 Å².